The van der Waals surface area contributed by atoms with Gasteiger partial charge in [0.05, 0.1) is 5.56 Å². The predicted octanol–water partition coefficient (Wildman–Crippen LogP) is 6.71. The maximum absolute atomic E-state index is 13.2. The Balaban J connectivity index is 2.02. The Morgan fingerprint density at radius 1 is 0.806 bits per heavy atom. The van der Waals surface area contributed by atoms with Crippen molar-refractivity contribution < 1.29 is 9.53 Å². The van der Waals surface area contributed by atoms with Gasteiger partial charge in [0.15, 0.2) is 0 Å². The first kappa shape index (κ1) is 26.3. The molecule has 0 saturated heterocycles. The molecule has 3 aromatic rings. The molecule has 36 heavy (non-hydrogen) atoms. The van der Waals surface area contributed by atoms with Crippen LogP contribution in [0.2, 0.25) is 0 Å². The number of carbonyl (C=O) groups is 1. The van der Waals surface area contributed by atoms with Gasteiger partial charge in [-0.25, -0.2) is 4.79 Å². The van der Waals surface area contributed by atoms with Crippen molar-refractivity contribution in [3.63, 3.8) is 0 Å². The lowest BCUT2D eigenvalue weighted by molar-refractivity contribution is 0.0239. The lowest BCUT2D eigenvalue weighted by Crippen LogP contribution is -2.33. The van der Waals surface area contributed by atoms with Gasteiger partial charge in [0.1, 0.15) is 5.69 Å². The third-order valence-electron chi connectivity index (χ3n) is 7.09. The van der Waals surface area contributed by atoms with Gasteiger partial charge in [-0.3, -0.25) is 4.98 Å². The molecule has 7 heteroatoms. The summed E-state index contributed by atoms with van der Waals surface area (Å²) in [4.78, 5) is 22.4. The van der Waals surface area contributed by atoms with E-state index in [-0.39, 0.29) is 11.8 Å². The van der Waals surface area contributed by atoms with E-state index >= 15 is 0 Å². The molecule has 0 unspecified atom stereocenters. The zero-order valence-corrected chi connectivity index (χ0v) is 22.9. The van der Waals surface area contributed by atoms with Crippen LogP contribution in [-0.2, 0) is 22.1 Å². The molecule has 0 spiro atoms. The lowest BCUT2D eigenvalue weighted by atomic mass is 9.78. The van der Waals surface area contributed by atoms with Crippen LogP contribution in [-0.4, -0.2) is 37.1 Å². The molecular formula is C29H33Cl2N3O2. The third-order valence-corrected chi connectivity index (χ3v) is 7.66. The molecule has 0 amide bonds. The van der Waals surface area contributed by atoms with E-state index in [4.69, 9.17) is 32.9 Å². The molecule has 0 bridgehead atoms. The quantitative estimate of drug-likeness (QED) is 0.217. The van der Waals surface area contributed by atoms with Gasteiger partial charge in [0.2, 0.25) is 5.60 Å². The second kappa shape index (κ2) is 11.1. The summed E-state index contributed by atoms with van der Waals surface area (Å²) in [5.74, 6) is 0.124. The highest BCUT2D eigenvalue weighted by Crippen LogP contribution is 2.49. The Bertz CT molecular complexity index is 1180. The minimum Gasteiger partial charge on any atom is -0.439 e. The van der Waals surface area contributed by atoms with E-state index in [1.165, 1.54) is 0 Å². The number of aromatic nitrogens is 1. The van der Waals surface area contributed by atoms with Crippen molar-refractivity contribution in [2.45, 2.75) is 45.1 Å². The minimum atomic E-state index is -1.24. The third kappa shape index (κ3) is 4.33. The van der Waals surface area contributed by atoms with E-state index in [1.54, 1.807) is 18.3 Å². The summed E-state index contributed by atoms with van der Waals surface area (Å²) >= 11 is 13.1. The van der Waals surface area contributed by atoms with Crippen LogP contribution >= 0.6 is 23.2 Å². The number of benzene rings is 2. The summed E-state index contributed by atoms with van der Waals surface area (Å²) in [5, 5.41) is 0. The van der Waals surface area contributed by atoms with Crippen LogP contribution < -0.4 is 9.80 Å². The Labute approximate surface area is 224 Å². The van der Waals surface area contributed by atoms with Gasteiger partial charge < -0.3 is 14.5 Å². The number of pyridine rings is 1. The molecule has 4 rings (SSSR count). The monoisotopic (exact) mass is 525 g/mol. The second-order valence-electron chi connectivity index (χ2n) is 8.77. The smallest absolute Gasteiger partial charge is 0.341 e. The van der Waals surface area contributed by atoms with Gasteiger partial charge in [-0.05, 0) is 75.2 Å². The van der Waals surface area contributed by atoms with E-state index in [9.17, 15) is 4.79 Å². The first-order valence-electron chi connectivity index (χ1n) is 12.6. The normalized spacial score (nSPS) is 13.9. The average Bonchev–Trinajstić information content (AvgIpc) is 3.22. The molecular weight excluding hydrogens is 493 g/mol. The van der Waals surface area contributed by atoms with Crippen molar-refractivity contribution >= 4 is 40.5 Å². The number of cyclic esters (lactones) is 1. The van der Waals surface area contributed by atoms with Gasteiger partial charge in [-0.15, -0.1) is 23.2 Å². The van der Waals surface area contributed by atoms with Crippen LogP contribution in [0.15, 0.2) is 54.7 Å². The zero-order chi connectivity index (χ0) is 25.9. The summed E-state index contributed by atoms with van der Waals surface area (Å²) in [7, 11) is 0. The number of alkyl halides is 2. The molecule has 1 aromatic heterocycles. The maximum Gasteiger partial charge on any atom is 0.341 e. The van der Waals surface area contributed by atoms with Gasteiger partial charge in [-0.1, -0.05) is 12.1 Å². The summed E-state index contributed by atoms with van der Waals surface area (Å²) in [6, 6.07) is 15.9. The number of rotatable bonds is 10. The minimum absolute atomic E-state index is 0.264. The summed E-state index contributed by atoms with van der Waals surface area (Å²) in [6.07, 6.45) is 1.70. The number of carbonyl (C=O) groups excluding carboxylic acids is 1. The maximum atomic E-state index is 13.2. The fraction of sp³-hybridized carbons (Fsp3) is 0.379. The Morgan fingerprint density at radius 3 is 1.75 bits per heavy atom. The fourth-order valence-electron chi connectivity index (χ4n) is 5.24. The molecule has 5 nitrogen and oxygen atoms in total. The number of nitrogens with zero attached hydrogens (tertiary/aromatic N) is 3. The van der Waals surface area contributed by atoms with Crippen molar-refractivity contribution in [1.82, 2.24) is 4.98 Å². The molecule has 0 saturated carbocycles. The molecule has 0 aliphatic carbocycles. The van der Waals surface area contributed by atoms with Crippen molar-refractivity contribution in [3.8, 4) is 0 Å². The number of halogens is 2. The van der Waals surface area contributed by atoms with E-state index in [0.29, 0.717) is 11.3 Å². The molecule has 0 atom stereocenters. The largest absolute Gasteiger partial charge is 0.439 e. The number of esters is 1. The predicted molar refractivity (Wildman–Crippen MR) is 149 cm³/mol. The van der Waals surface area contributed by atoms with Gasteiger partial charge in [-0.2, -0.15) is 0 Å². The average molecular weight is 527 g/mol. The Morgan fingerprint density at radius 2 is 1.31 bits per heavy atom. The SMILES string of the molecule is CCN(CC)c1ccc(C2(c3ccc(N(CC)CC)cc3CCl)OC(=O)c3cccnc32)c(CCl)c1. The topological polar surface area (TPSA) is 45.7 Å². The highest BCUT2D eigenvalue weighted by molar-refractivity contribution is 6.17. The zero-order valence-electron chi connectivity index (χ0n) is 21.4. The highest BCUT2D eigenvalue weighted by Gasteiger charge is 2.52. The molecule has 2 aromatic carbocycles. The molecule has 1 aliphatic heterocycles. The molecule has 1 aliphatic rings. The van der Waals surface area contributed by atoms with E-state index in [2.05, 4.69) is 61.8 Å². The van der Waals surface area contributed by atoms with E-state index < -0.39 is 11.6 Å². The Kier molecular flexibility index (Phi) is 8.11. The fourth-order valence-corrected chi connectivity index (χ4v) is 5.68. The number of anilines is 2. The number of fused-ring (bicyclic) bond motifs is 1. The number of ether oxygens (including phenoxy) is 1. The number of hydrogen-bond acceptors (Lipinski definition) is 5. The van der Waals surface area contributed by atoms with Gasteiger partial charge in [0.25, 0.3) is 0 Å². The van der Waals surface area contributed by atoms with Gasteiger partial charge >= 0.3 is 5.97 Å². The van der Waals surface area contributed by atoms with Crippen molar-refractivity contribution in [2.75, 3.05) is 36.0 Å². The standard InChI is InChI=1S/C29H33Cl2N3O2/c1-5-33(6-2)22-11-13-25(20(16-22)18-30)29(27-24(28(35)36-29)10-9-15-32-27)26-14-12-23(17-21(26)19-31)34(7-3)8-4/h9-17H,5-8,18-19H2,1-4H3. The van der Waals surface area contributed by atoms with Crippen LogP contribution in [0.25, 0.3) is 0 Å². The molecule has 0 fully saturated rings. The number of hydrogen-bond donors (Lipinski definition) is 0. The first-order valence-corrected chi connectivity index (χ1v) is 13.6. The molecule has 190 valence electrons. The second-order valence-corrected chi connectivity index (χ2v) is 9.30. The summed E-state index contributed by atoms with van der Waals surface area (Å²) < 4.78 is 6.34. The lowest BCUT2D eigenvalue weighted by Gasteiger charge is -2.34. The summed E-state index contributed by atoms with van der Waals surface area (Å²) in [6.45, 7) is 12.0. The van der Waals surface area contributed by atoms with Crippen molar-refractivity contribution in [3.05, 3.63) is 88.2 Å². The first-order chi connectivity index (χ1) is 17.5. The highest BCUT2D eigenvalue weighted by atomic mass is 35.5. The van der Waals surface area contributed by atoms with E-state index in [1.807, 2.05) is 12.1 Å². The van der Waals surface area contributed by atoms with Gasteiger partial charge in [0, 0.05) is 66.6 Å². The van der Waals surface area contributed by atoms with Crippen LogP contribution in [0, 0.1) is 0 Å². The Hall–Kier alpha value is -2.76. The van der Waals surface area contributed by atoms with Crippen molar-refractivity contribution in [1.29, 1.82) is 0 Å². The van der Waals surface area contributed by atoms with Crippen LogP contribution in [0.5, 0.6) is 0 Å². The van der Waals surface area contributed by atoms with E-state index in [0.717, 1.165) is 59.8 Å². The van der Waals surface area contributed by atoms with Crippen LogP contribution in [0.3, 0.4) is 0 Å². The van der Waals surface area contributed by atoms with Crippen LogP contribution in [0.4, 0.5) is 11.4 Å². The summed E-state index contributed by atoms with van der Waals surface area (Å²) in [5.41, 5.74) is 5.33. The molecule has 0 N–H and O–H groups in total. The molecule has 2 heterocycles. The van der Waals surface area contributed by atoms with Crippen molar-refractivity contribution in [2.24, 2.45) is 0 Å². The molecule has 0 radical (unpaired) electrons. The van der Waals surface area contributed by atoms with Crippen LogP contribution in [0.1, 0.15) is 66.0 Å².